The monoisotopic (exact) mass is 262 g/mol. The summed E-state index contributed by atoms with van der Waals surface area (Å²) in [7, 11) is 0. The molecule has 0 bridgehead atoms. The van der Waals surface area contributed by atoms with Crippen molar-refractivity contribution >= 4 is 11.6 Å². The molecule has 1 spiro atoms. The number of hydrogen-bond acceptors (Lipinski definition) is 3. The second kappa shape index (κ2) is 4.02. The molecule has 0 radical (unpaired) electrons. The van der Waals surface area contributed by atoms with Gasteiger partial charge in [-0.2, -0.15) is 0 Å². The van der Waals surface area contributed by atoms with E-state index in [1.165, 1.54) is 0 Å². The summed E-state index contributed by atoms with van der Waals surface area (Å²) in [6, 6.07) is 0. The highest BCUT2D eigenvalue weighted by Gasteiger charge is 2.67. The van der Waals surface area contributed by atoms with Gasteiger partial charge in [-0.25, -0.2) is 0 Å². The average Bonchev–Trinajstić information content (AvgIpc) is 3.11. The van der Waals surface area contributed by atoms with Gasteiger partial charge in [0.05, 0.1) is 11.5 Å². The van der Waals surface area contributed by atoms with Crippen LogP contribution in [0.25, 0.3) is 0 Å². The Labute approximate surface area is 114 Å². The molecule has 3 aliphatic rings. The van der Waals surface area contributed by atoms with Crippen molar-refractivity contribution in [3.63, 3.8) is 0 Å². The van der Waals surface area contributed by atoms with Gasteiger partial charge < -0.3 is 4.74 Å². The fraction of sp³-hybridized carbons (Fsp3) is 0.750. The lowest BCUT2D eigenvalue weighted by Gasteiger charge is -2.51. The van der Waals surface area contributed by atoms with Crippen molar-refractivity contribution in [1.82, 2.24) is 0 Å². The van der Waals surface area contributed by atoms with E-state index in [2.05, 4.69) is 0 Å². The van der Waals surface area contributed by atoms with Crippen LogP contribution in [0.15, 0.2) is 11.6 Å². The molecular weight excluding hydrogens is 240 g/mol. The third kappa shape index (κ3) is 1.60. The Kier molecular flexibility index (Phi) is 2.76. The zero-order valence-corrected chi connectivity index (χ0v) is 12.0. The lowest BCUT2D eigenvalue weighted by molar-refractivity contribution is -0.161. The molecule has 19 heavy (non-hydrogen) atoms. The van der Waals surface area contributed by atoms with Crippen LogP contribution in [-0.2, 0) is 14.3 Å². The predicted molar refractivity (Wildman–Crippen MR) is 71.7 cm³/mol. The van der Waals surface area contributed by atoms with Gasteiger partial charge in [0.25, 0.3) is 0 Å². The van der Waals surface area contributed by atoms with Crippen LogP contribution in [0.2, 0.25) is 0 Å². The first-order valence-corrected chi connectivity index (χ1v) is 7.34. The minimum absolute atomic E-state index is 0.103. The van der Waals surface area contributed by atoms with Crippen molar-refractivity contribution in [2.24, 2.45) is 16.7 Å². The van der Waals surface area contributed by atoms with Crippen LogP contribution in [0.5, 0.6) is 0 Å². The van der Waals surface area contributed by atoms with Crippen LogP contribution in [-0.4, -0.2) is 24.3 Å². The van der Waals surface area contributed by atoms with Crippen LogP contribution in [0, 0.1) is 16.7 Å². The molecule has 0 N–H and O–H groups in total. The Morgan fingerprint density at radius 1 is 1.32 bits per heavy atom. The van der Waals surface area contributed by atoms with Gasteiger partial charge in [-0.15, -0.1) is 0 Å². The maximum Gasteiger partial charge on any atom is 0.167 e. The van der Waals surface area contributed by atoms with Crippen LogP contribution >= 0.6 is 0 Å². The van der Waals surface area contributed by atoms with Gasteiger partial charge in [0.1, 0.15) is 0 Å². The van der Waals surface area contributed by atoms with Gasteiger partial charge in [-0.1, -0.05) is 0 Å². The van der Waals surface area contributed by atoms with Gasteiger partial charge in [0.2, 0.25) is 0 Å². The molecule has 0 aromatic rings. The van der Waals surface area contributed by atoms with E-state index in [1.54, 1.807) is 13.0 Å². The van der Waals surface area contributed by atoms with E-state index in [0.717, 1.165) is 25.7 Å². The Hall–Kier alpha value is -0.960. The van der Waals surface area contributed by atoms with E-state index in [1.807, 2.05) is 13.8 Å². The highest BCUT2D eigenvalue weighted by atomic mass is 16.5. The molecule has 0 amide bonds. The van der Waals surface area contributed by atoms with Gasteiger partial charge >= 0.3 is 0 Å². The normalized spacial score (nSPS) is 40.1. The SMILES string of the molecule is CCO[C@H]1CCC2(CC2)[C@H]2C(=O)C=C(C)C(=O)[C@@]12C. The van der Waals surface area contributed by atoms with Crippen LogP contribution < -0.4 is 0 Å². The second-order valence-corrected chi connectivity index (χ2v) is 6.62. The lowest BCUT2D eigenvalue weighted by Crippen LogP contribution is -2.58. The van der Waals surface area contributed by atoms with Crippen LogP contribution in [0.4, 0.5) is 0 Å². The molecule has 2 saturated carbocycles. The molecule has 3 aliphatic carbocycles. The summed E-state index contributed by atoms with van der Waals surface area (Å²) >= 11 is 0. The van der Waals surface area contributed by atoms with Crippen molar-refractivity contribution in [3.8, 4) is 0 Å². The number of hydrogen-bond donors (Lipinski definition) is 0. The van der Waals surface area contributed by atoms with Gasteiger partial charge in [0, 0.05) is 12.5 Å². The number of ketones is 2. The molecule has 104 valence electrons. The standard InChI is InChI=1S/C16H22O3/c1-4-19-12-5-6-16(7-8-16)13-11(17)9-10(2)14(18)15(12,13)3/h9,12-13H,4-8H2,1-3H3/t12-,13-,15-/m0/s1. The number of fused-ring (bicyclic) bond motifs is 2. The fourth-order valence-corrected chi connectivity index (χ4v) is 4.50. The minimum atomic E-state index is -0.638. The summed E-state index contributed by atoms with van der Waals surface area (Å²) in [5, 5.41) is 0. The van der Waals surface area contributed by atoms with E-state index in [9.17, 15) is 9.59 Å². The zero-order chi connectivity index (χ0) is 13.8. The quantitative estimate of drug-likeness (QED) is 0.768. The summed E-state index contributed by atoms with van der Waals surface area (Å²) in [5.41, 5.74) is 0.0682. The largest absolute Gasteiger partial charge is 0.377 e. The number of carbonyl (C=O) groups excluding carboxylic acids is 2. The molecule has 3 heteroatoms. The maximum absolute atomic E-state index is 12.7. The van der Waals surface area contributed by atoms with E-state index in [4.69, 9.17) is 4.74 Å². The molecule has 0 unspecified atom stereocenters. The molecular formula is C16H22O3. The van der Waals surface area contributed by atoms with E-state index in [-0.39, 0.29) is 29.0 Å². The predicted octanol–water partition coefficient (Wildman–Crippen LogP) is 2.69. The number of ether oxygens (including phenoxy) is 1. The van der Waals surface area contributed by atoms with E-state index in [0.29, 0.717) is 12.2 Å². The minimum Gasteiger partial charge on any atom is -0.377 e. The number of Topliss-reactive ketones (excluding diaryl/α,β-unsaturated/α-hetero) is 1. The molecule has 0 aromatic heterocycles. The van der Waals surface area contributed by atoms with E-state index < -0.39 is 5.41 Å². The van der Waals surface area contributed by atoms with Crippen molar-refractivity contribution in [2.45, 2.75) is 52.6 Å². The lowest BCUT2D eigenvalue weighted by atomic mass is 9.53. The molecule has 3 rings (SSSR count). The summed E-state index contributed by atoms with van der Waals surface area (Å²) in [4.78, 5) is 25.2. The van der Waals surface area contributed by atoms with Crippen molar-refractivity contribution in [3.05, 3.63) is 11.6 Å². The molecule has 2 fully saturated rings. The van der Waals surface area contributed by atoms with Crippen LogP contribution in [0.3, 0.4) is 0 Å². The first-order chi connectivity index (χ1) is 8.95. The zero-order valence-electron chi connectivity index (χ0n) is 12.0. The Morgan fingerprint density at radius 2 is 2.00 bits per heavy atom. The summed E-state index contributed by atoms with van der Waals surface area (Å²) in [6.07, 6.45) is 5.60. The Morgan fingerprint density at radius 3 is 2.58 bits per heavy atom. The molecule has 0 aliphatic heterocycles. The summed E-state index contributed by atoms with van der Waals surface area (Å²) < 4.78 is 5.84. The summed E-state index contributed by atoms with van der Waals surface area (Å²) in [6.45, 7) is 6.29. The highest BCUT2D eigenvalue weighted by Crippen LogP contribution is 2.66. The summed E-state index contributed by atoms with van der Waals surface area (Å²) in [5.74, 6) is 0.129. The van der Waals surface area contributed by atoms with Crippen molar-refractivity contribution in [1.29, 1.82) is 0 Å². The molecule has 3 nitrogen and oxygen atoms in total. The number of carbonyl (C=O) groups is 2. The molecule has 3 atom stereocenters. The Bertz CT molecular complexity index is 472. The van der Waals surface area contributed by atoms with Gasteiger partial charge in [-0.05, 0) is 63.5 Å². The second-order valence-electron chi connectivity index (χ2n) is 6.62. The van der Waals surface area contributed by atoms with Gasteiger partial charge in [-0.3, -0.25) is 9.59 Å². The smallest absolute Gasteiger partial charge is 0.167 e. The van der Waals surface area contributed by atoms with Crippen molar-refractivity contribution in [2.75, 3.05) is 6.61 Å². The molecule has 0 saturated heterocycles. The molecule has 0 heterocycles. The Balaban J connectivity index is 2.09. The number of rotatable bonds is 2. The fourth-order valence-electron chi connectivity index (χ4n) is 4.50. The first kappa shape index (κ1) is 13.0. The first-order valence-electron chi connectivity index (χ1n) is 7.34. The average molecular weight is 262 g/mol. The highest BCUT2D eigenvalue weighted by molar-refractivity contribution is 6.13. The van der Waals surface area contributed by atoms with Crippen molar-refractivity contribution < 1.29 is 14.3 Å². The molecule has 0 aromatic carbocycles. The van der Waals surface area contributed by atoms with Crippen LogP contribution in [0.1, 0.15) is 46.5 Å². The topological polar surface area (TPSA) is 43.4 Å². The third-order valence-corrected chi connectivity index (χ3v) is 5.54. The maximum atomic E-state index is 12.7. The third-order valence-electron chi connectivity index (χ3n) is 5.54. The number of allylic oxidation sites excluding steroid dienone is 2. The van der Waals surface area contributed by atoms with Gasteiger partial charge in [0.15, 0.2) is 11.6 Å². The van der Waals surface area contributed by atoms with E-state index >= 15 is 0 Å².